The van der Waals surface area contributed by atoms with Crippen LogP contribution >= 0.6 is 11.8 Å². The van der Waals surface area contributed by atoms with E-state index >= 15 is 0 Å². The first-order valence-corrected chi connectivity index (χ1v) is 13.1. The third-order valence-electron chi connectivity index (χ3n) is 6.49. The fourth-order valence-corrected chi connectivity index (χ4v) is 5.92. The van der Waals surface area contributed by atoms with Gasteiger partial charge in [0.15, 0.2) is 11.5 Å². The molecule has 0 radical (unpaired) electrons. The standard InChI is InChI=1S/C29H29N3O4S/c1-34-25-15-20(16-26(35-2)27(25)36-3)10-9-19-6-4-7-21(14-19)28(33)31-23-11-13-32-24(23)18-37-29(32)22-8-5-12-30-17-22/h4-8,11-17,29H,9-10,18H2,1-3H3,(H,31,33). The summed E-state index contributed by atoms with van der Waals surface area (Å²) in [5.41, 5.74) is 5.90. The Balaban J connectivity index is 1.27. The highest BCUT2D eigenvalue weighted by molar-refractivity contribution is 7.99. The number of thioether (sulfide) groups is 1. The molecule has 4 aromatic rings. The van der Waals surface area contributed by atoms with E-state index in [9.17, 15) is 4.79 Å². The second-order valence-corrected chi connectivity index (χ2v) is 9.79. The van der Waals surface area contributed by atoms with Gasteiger partial charge >= 0.3 is 0 Å². The molecule has 0 aliphatic carbocycles. The summed E-state index contributed by atoms with van der Waals surface area (Å²) in [5, 5.41) is 3.29. The summed E-state index contributed by atoms with van der Waals surface area (Å²) in [6, 6.07) is 17.7. The molecule has 3 heterocycles. The Hall–Kier alpha value is -3.91. The highest BCUT2D eigenvalue weighted by atomic mass is 32.2. The maximum Gasteiger partial charge on any atom is 0.255 e. The largest absolute Gasteiger partial charge is 0.493 e. The van der Waals surface area contributed by atoms with E-state index in [0.29, 0.717) is 22.8 Å². The first-order chi connectivity index (χ1) is 18.1. The van der Waals surface area contributed by atoms with Crippen molar-refractivity contribution in [2.75, 3.05) is 26.6 Å². The van der Waals surface area contributed by atoms with Gasteiger partial charge in [-0.1, -0.05) is 18.2 Å². The molecule has 0 spiro atoms. The molecule has 1 unspecified atom stereocenters. The van der Waals surface area contributed by atoms with Gasteiger partial charge in [0, 0.05) is 35.5 Å². The summed E-state index contributed by atoms with van der Waals surface area (Å²) in [7, 11) is 4.82. The van der Waals surface area contributed by atoms with E-state index in [2.05, 4.69) is 20.9 Å². The summed E-state index contributed by atoms with van der Waals surface area (Å²) < 4.78 is 18.6. The number of carbonyl (C=O) groups excluding carboxylic acids is 1. The molecule has 1 N–H and O–H groups in total. The zero-order valence-corrected chi connectivity index (χ0v) is 21.9. The molecule has 2 aromatic heterocycles. The summed E-state index contributed by atoms with van der Waals surface area (Å²) >= 11 is 1.83. The number of fused-ring (bicyclic) bond motifs is 1. The number of anilines is 1. The molecule has 190 valence electrons. The van der Waals surface area contributed by atoms with Crippen molar-refractivity contribution in [3.8, 4) is 17.2 Å². The van der Waals surface area contributed by atoms with E-state index in [1.165, 1.54) is 0 Å². The summed E-state index contributed by atoms with van der Waals surface area (Å²) in [4.78, 5) is 17.4. The minimum atomic E-state index is -0.113. The van der Waals surface area contributed by atoms with Crippen LogP contribution in [0.15, 0.2) is 73.2 Å². The van der Waals surface area contributed by atoms with Crippen molar-refractivity contribution >= 4 is 23.4 Å². The lowest BCUT2D eigenvalue weighted by molar-refractivity contribution is 0.102. The van der Waals surface area contributed by atoms with Gasteiger partial charge in [-0.25, -0.2) is 0 Å². The van der Waals surface area contributed by atoms with Gasteiger partial charge in [-0.3, -0.25) is 9.78 Å². The second-order valence-electron chi connectivity index (χ2n) is 8.72. The van der Waals surface area contributed by atoms with Gasteiger partial charge in [0.1, 0.15) is 5.37 Å². The molecule has 7 nitrogen and oxygen atoms in total. The topological polar surface area (TPSA) is 74.6 Å². The molecule has 1 aliphatic heterocycles. The van der Waals surface area contributed by atoms with Crippen molar-refractivity contribution in [2.24, 2.45) is 0 Å². The van der Waals surface area contributed by atoms with Crippen LogP contribution in [-0.4, -0.2) is 36.8 Å². The normalized spacial score (nSPS) is 14.2. The quantitative estimate of drug-likeness (QED) is 0.306. The molecule has 0 fully saturated rings. The van der Waals surface area contributed by atoms with E-state index in [-0.39, 0.29) is 11.3 Å². The molecule has 0 bridgehead atoms. The Bertz CT molecular complexity index is 1380. The molecular weight excluding hydrogens is 486 g/mol. The van der Waals surface area contributed by atoms with E-state index in [1.807, 2.05) is 72.7 Å². The van der Waals surface area contributed by atoms with Gasteiger partial charge in [-0.15, -0.1) is 11.8 Å². The average molecular weight is 516 g/mol. The smallest absolute Gasteiger partial charge is 0.255 e. The third-order valence-corrected chi connectivity index (χ3v) is 7.74. The molecule has 1 aliphatic rings. The van der Waals surface area contributed by atoms with E-state index in [4.69, 9.17) is 14.2 Å². The van der Waals surface area contributed by atoms with E-state index < -0.39 is 0 Å². The van der Waals surface area contributed by atoms with Gasteiger partial charge in [-0.2, -0.15) is 0 Å². The fraction of sp³-hybridized carbons (Fsp3) is 0.241. The number of methoxy groups -OCH3 is 3. The number of rotatable bonds is 9. The number of hydrogen-bond donors (Lipinski definition) is 1. The van der Waals surface area contributed by atoms with Crippen molar-refractivity contribution in [2.45, 2.75) is 24.0 Å². The number of ether oxygens (including phenoxy) is 3. The first-order valence-electron chi connectivity index (χ1n) is 12.0. The van der Waals surface area contributed by atoms with Crippen molar-refractivity contribution in [3.63, 3.8) is 0 Å². The molecule has 0 saturated heterocycles. The summed E-state index contributed by atoms with van der Waals surface area (Å²) in [6.07, 6.45) is 7.25. The van der Waals surface area contributed by atoms with E-state index in [1.54, 1.807) is 27.5 Å². The number of amides is 1. The zero-order chi connectivity index (χ0) is 25.8. The van der Waals surface area contributed by atoms with Crippen LogP contribution in [0, 0.1) is 0 Å². The van der Waals surface area contributed by atoms with Crippen LogP contribution in [0.4, 0.5) is 5.69 Å². The predicted molar refractivity (Wildman–Crippen MR) is 146 cm³/mol. The monoisotopic (exact) mass is 515 g/mol. The Kier molecular flexibility index (Phi) is 7.37. The van der Waals surface area contributed by atoms with Crippen LogP contribution in [0.5, 0.6) is 17.2 Å². The lowest BCUT2D eigenvalue weighted by Gasteiger charge is -2.14. The Labute approximate surface area is 220 Å². The van der Waals surface area contributed by atoms with Gasteiger partial charge in [0.2, 0.25) is 5.75 Å². The number of pyridine rings is 1. The number of benzene rings is 2. The average Bonchev–Trinajstić information content (AvgIpc) is 3.54. The van der Waals surface area contributed by atoms with Gasteiger partial charge in [0.25, 0.3) is 5.91 Å². The lowest BCUT2D eigenvalue weighted by atomic mass is 10.0. The van der Waals surface area contributed by atoms with Gasteiger partial charge < -0.3 is 24.1 Å². The predicted octanol–water partition coefficient (Wildman–Crippen LogP) is 5.74. The van der Waals surface area contributed by atoms with Crippen LogP contribution in [0.25, 0.3) is 0 Å². The van der Waals surface area contributed by atoms with Gasteiger partial charge in [0.05, 0.1) is 32.7 Å². The highest BCUT2D eigenvalue weighted by Crippen LogP contribution is 2.43. The maximum absolute atomic E-state index is 13.1. The fourth-order valence-electron chi connectivity index (χ4n) is 4.61. The van der Waals surface area contributed by atoms with Crippen molar-refractivity contribution in [3.05, 3.63) is 101 Å². The van der Waals surface area contributed by atoms with Crippen LogP contribution in [-0.2, 0) is 18.6 Å². The third kappa shape index (κ3) is 5.15. The molecule has 8 heteroatoms. The zero-order valence-electron chi connectivity index (χ0n) is 21.1. The summed E-state index contributed by atoms with van der Waals surface area (Å²) in [5.74, 6) is 2.56. The van der Waals surface area contributed by atoms with Crippen LogP contribution in [0.3, 0.4) is 0 Å². The van der Waals surface area contributed by atoms with E-state index in [0.717, 1.165) is 46.7 Å². The summed E-state index contributed by atoms with van der Waals surface area (Å²) in [6.45, 7) is 0. The number of aromatic nitrogens is 2. The minimum Gasteiger partial charge on any atom is -0.493 e. The van der Waals surface area contributed by atoms with Crippen LogP contribution in [0.2, 0.25) is 0 Å². The minimum absolute atomic E-state index is 0.113. The van der Waals surface area contributed by atoms with Crippen molar-refractivity contribution in [1.29, 1.82) is 0 Å². The second kappa shape index (κ2) is 11.0. The molecule has 37 heavy (non-hydrogen) atoms. The Morgan fingerprint density at radius 2 is 1.78 bits per heavy atom. The molecular formula is C29H29N3O4S. The molecule has 2 aromatic carbocycles. The Morgan fingerprint density at radius 3 is 2.49 bits per heavy atom. The number of carbonyl (C=O) groups is 1. The first kappa shape index (κ1) is 24.8. The van der Waals surface area contributed by atoms with Crippen LogP contribution < -0.4 is 19.5 Å². The number of nitrogens with zero attached hydrogens (tertiary/aromatic N) is 2. The molecule has 1 amide bonds. The highest BCUT2D eigenvalue weighted by Gasteiger charge is 2.27. The number of aryl methyl sites for hydroxylation is 2. The maximum atomic E-state index is 13.1. The van der Waals surface area contributed by atoms with Crippen molar-refractivity contribution < 1.29 is 19.0 Å². The molecule has 5 rings (SSSR count). The van der Waals surface area contributed by atoms with Crippen molar-refractivity contribution in [1.82, 2.24) is 9.55 Å². The van der Waals surface area contributed by atoms with Gasteiger partial charge in [-0.05, 0) is 60.4 Å². The molecule has 0 saturated carbocycles. The number of nitrogens with one attached hydrogen (secondary N) is 1. The Morgan fingerprint density at radius 1 is 1.00 bits per heavy atom. The SMILES string of the molecule is COc1cc(CCc2cccc(C(=O)Nc3ccn4c3CSC4c3cccnc3)c2)cc(OC)c1OC. The lowest BCUT2D eigenvalue weighted by Crippen LogP contribution is -2.13. The molecule has 1 atom stereocenters. The number of hydrogen-bond acceptors (Lipinski definition) is 6. The van der Waals surface area contributed by atoms with Crippen LogP contribution in [0.1, 0.15) is 38.1 Å².